The van der Waals surface area contributed by atoms with E-state index >= 15 is 0 Å². The Morgan fingerprint density at radius 1 is 1.05 bits per heavy atom. The molecule has 0 spiro atoms. The highest BCUT2D eigenvalue weighted by Crippen LogP contribution is 2.39. The number of benzene rings is 2. The van der Waals surface area contributed by atoms with Gasteiger partial charge in [-0.2, -0.15) is 13.2 Å². The zero-order chi connectivity index (χ0) is 14.0. The molecule has 0 radical (unpaired) electrons. The van der Waals surface area contributed by atoms with Gasteiger partial charge < -0.3 is 9.84 Å². The molecule has 0 atom stereocenters. The minimum Gasteiger partial charge on any atom is -0.508 e. The molecule has 19 heavy (non-hydrogen) atoms. The molecule has 0 amide bonds. The number of alkyl halides is 3. The minimum absolute atomic E-state index is 0.0824. The zero-order valence-corrected chi connectivity index (χ0v) is 11.0. The van der Waals surface area contributed by atoms with E-state index in [1.54, 1.807) is 0 Å². The van der Waals surface area contributed by atoms with Gasteiger partial charge in [0.1, 0.15) is 17.2 Å². The van der Waals surface area contributed by atoms with Crippen LogP contribution in [0.25, 0.3) is 0 Å². The quantitative estimate of drug-likeness (QED) is 0.841. The summed E-state index contributed by atoms with van der Waals surface area (Å²) in [7, 11) is 0. The first-order valence-electron chi connectivity index (χ1n) is 5.20. The summed E-state index contributed by atoms with van der Waals surface area (Å²) in [6.45, 7) is 0. The number of aromatic hydroxyl groups is 1. The molecule has 0 aliphatic heterocycles. The third-order valence-electron chi connectivity index (χ3n) is 2.29. The lowest BCUT2D eigenvalue weighted by atomic mass is 10.2. The lowest BCUT2D eigenvalue weighted by molar-refractivity contribution is -0.138. The smallest absolute Gasteiger partial charge is 0.419 e. The van der Waals surface area contributed by atoms with Gasteiger partial charge in [-0.1, -0.05) is 22.0 Å². The highest BCUT2D eigenvalue weighted by atomic mass is 79.9. The molecule has 2 aromatic rings. The average Bonchev–Trinajstić information content (AvgIpc) is 2.27. The second kappa shape index (κ2) is 5.13. The minimum atomic E-state index is -4.51. The van der Waals surface area contributed by atoms with E-state index in [1.165, 1.54) is 36.4 Å². The van der Waals surface area contributed by atoms with Crippen LogP contribution in [0.5, 0.6) is 17.2 Å². The molecule has 0 heterocycles. The van der Waals surface area contributed by atoms with E-state index in [9.17, 15) is 18.3 Å². The summed E-state index contributed by atoms with van der Waals surface area (Å²) in [5.74, 6) is -0.280. The first kappa shape index (κ1) is 13.7. The average molecular weight is 333 g/mol. The van der Waals surface area contributed by atoms with Gasteiger partial charge in [-0.15, -0.1) is 0 Å². The number of hydrogen-bond acceptors (Lipinski definition) is 2. The van der Waals surface area contributed by atoms with Crippen LogP contribution < -0.4 is 4.74 Å². The summed E-state index contributed by atoms with van der Waals surface area (Å²) in [6, 6.07) is 9.03. The number of phenolic OH excluding ortho intramolecular Hbond substituents is 1. The molecule has 100 valence electrons. The summed E-state index contributed by atoms with van der Waals surface area (Å²) in [5, 5.41) is 9.26. The van der Waals surface area contributed by atoms with Gasteiger partial charge in [0.15, 0.2) is 0 Å². The van der Waals surface area contributed by atoms with Crippen molar-refractivity contribution in [1.29, 1.82) is 0 Å². The van der Waals surface area contributed by atoms with Crippen LogP contribution in [0.15, 0.2) is 46.9 Å². The molecule has 0 saturated heterocycles. The van der Waals surface area contributed by atoms with E-state index in [2.05, 4.69) is 15.9 Å². The summed E-state index contributed by atoms with van der Waals surface area (Å²) in [5.41, 5.74) is -0.876. The Hall–Kier alpha value is -1.69. The Balaban J connectivity index is 2.41. The first-order chi connectivity index (χ1) is 8.86. The maximum atomic E-state index is 12.8. The van der Waals surface area contributed by atoms with Crippen molar-refractivity contribution in [2.45, 2.75) is 6.18 Å². The summed E-state index contributed by atoms with van der Waals surface area (Å²) in [4.78, 5) is 0. The summed E-state index contributed by atoms with van der Waals surface area (Å²) < 4.78 is 44.1. The summed E-state index contributed by atoms with van der Waals surface area (Å²) >= 11 is 3.09. The van der Waals surface area contributed by atoms with Crippen LogP contribution in [0.1, 0.15) is 5.56 Å². The van der Waals surface area contributed by atoms with Crippen LogP contribution in [0, 0.1) is 0 Å². The predicted octanol–water partition coefficient (Wildman–Crippen LogP) is 4.97. The molecule has 0 aromatic heterocycles. The number of phenols is 1. The van der Waals surface area contributed by atoms with Crippen LogP contribution >= 0.6 is 15.9 Å². The van der Waals surface area contributed by atoms with E-state index in [0.29, 0.717) is 4.47 Å². The van der Waals surface area contributed by atoms with E-state index in [0.717, 1.165) is 6.07 Å². The normalized spacial score (nSPS) is 11.4. The molecule has 0 aliphatic rings. The molecular weight excluding hydrogens is 325 g/mol. The van der Waals surface area contributed by atoms with Crippen LogP contribution in [-0.2, 0) is 6.18 Å². The van der Waals surface area contributed by atoms with Crippen molar-refractivity contribution in [3.63, 3.8) is 0 Å². The molecular formula is C13H8BrF3O2. The van der Waals surface area contributed by atoms with Crippen LogP contribution in [0.4, 0.5) is 13.2 Å². The van der Waals surface area contributed by atoms with Crippen molar-refractivity contribution in [2.24, 2.45) is 0 Å². The van der Waals surface area contributed by atoms with E-state index in [4.69, 9.17) is 4.74 Å². The van der Waals surface area contributed by atoms with Crippen molar-refractivity contribution in [1.82, 2.24) is 0 Å². The molecule has 1 N–H and O–H groups in total. The fraction of sp³-hybridized carbons (Fsp3) is 0.0769. The lowest BCUT2D eigenvalue weighted by Gasteiger charge is -2.14. The Labute approximate surface area is 115 Å². The van der Waals surface area contributed by atoms with E-state index in [1.807, 2.05) is 0 Å². The van der Waals surface area contributed by atoms with Gasteiger partial charge >= 0.3 is 6.18 Å². The van der Waals surface area contributed by atoms with Crippen LogP contribution in [0.3, 0.4) is 0 Å². The second-order valence-corrected chi connectivity index (χ2v) is 4.65. The third kappa shape index (κ3) is 3.41. The van der Waals surface area contributed by atoms with E-state index in [-0.39, 0.29) is 17.2 Å². The van der Waals surface area contributed by atoms with Crippen molar-refractivity contribution in [3.05, 3.63) is 52.5 Å². The largest absolute Gasteiger partial charge is 0.508 e. The second-order valence-electron chi connectivity index (χ2n) is 3.74. The summed E-state index contributed by atoms with van der Waals surface area (Å²) in [6.07, 6.45) is -4.51. The van der Waals surface area contributed by atoms with Crippen LogP contribution in [0.2, 0.25) is 0 Å². The maximum absolute atomic E-state index is 12.8. The topological polar surface area (TPSA) is 29.5 Å². The number of hydrogen-bond donors (Lipinski definition) is 1. The molecule has 2 rings (SSSR count). The van der Waals surface area contributed by atoms with Gasteiger partial charge in [-0.25, -0.2) is 0 Å². The first-order valence-corrected chi connectivity index (χ1v) is 5.99. The fourth-order valence-electron chi connectivity index (χ4n) is 1.49. The molecule has 0 aliphatic carbocycles. The van der Waals surface area contributed by atoms with Gasteiger partial charge in [0.05, 0.1) is 5.56 Å². The Morgan fingerprint density at radius 3 is 2.42 bits per heavy atom. The molecule has 0 saturated carbocycles. The van der Waals surface area contributed by atoms with Gasteiger partial charge in [-0.3, -0.25) is 0 Å². The Morgan fingerprint density at radius 2 is 1.79 bits per heavy atom. The van der Waals surface area contributed by atoms with Gasteiger partial charge in [0, 0.05) is 10.5 Å². The van der Waals surface area contributed by atoms with Crippen molar-refractivity contribution < 1.29 is 23.0 Å². The van der Waals surface area contributed by atoms with Crippen molar-refractivity contribution in [2.75, 3.05) is 0 Å². The van der Waals surface area contributed by atoms with Crippen LogP contribution in [-0.4, -0.2) is 5.11 Å². The molecule has 0 fully saturated rings. The number of halogens is 4. The van der Waals surface area contributed by atoms with Crippen molar-refractivity contribution in [3.8, 4) is 17.2 Å². The van der Waals surface area contributed by atoms with E-state index < -0.39 is 11.7 Å². The maximum Gasteiger partial charge on any atom is 0.419 e. The Bertz CT molecular complexity index is 597. The predicted molar refractivity (Wildman–Crippen MR) is 67.3 cm³/mol. The zero-order valence-electron chi connectivity index (χ0n) is 9.41. The number of rotatable bonds is 2. The fourth-order valence-corrected chi connectivity index (χ4v) is 1.83. The highest BCUT2D eigenvalue weighted by molar-refractivity contribution is 9.10. The van der Waals surface area contributed by atoms with Gasteiger partial charge in [0.25, 0.3) is 0 Å². The molecule has 0 unspecified atom stereocenters. The molecule has 2 aromatic carbocycles. The Kier molecular flexibility index (Phi) is 3.71. The van der Waals surface area contributed by atoms with Crippen molar-refractivity contribution >= 4 is 15.9 Å². The van der Waals surface area contributed by atoms with Gasteiger partial charge in [0.2, 0.25) is 0 Å². The standard InChI is InChI=1S/C13H8BrF3O2/c14-8-4-5-11(13(15,16)17)12(6-8)19-10-3-1-2-9(18)7-10/h1-7,18H. The third-order valence-corrected chi connectivity index (χ3v) is 2.79. The molecule has 0 bridgehead atoms. The number of ether oxygens (including phenoxy) is 1. The molecule has 6 heteroatoms. The monoisotopic (exact) mass is 332 g/mol. The lowest BCUT2D eigenvalue weighted by Crippen LogP contribution is -2.07. The SMILES string of the molecule is Oc1cccc(Oc2cc(Br)ccc2C(F)(F)F)c1. The molecule has 2 nitrogen and oxygen atoms in total. The highest BCUT2D eigenvalue weighted by Gasteiger charge is 2.34. The van der Waals surface area contributed by atoms with Gasteiger partial charge in [-0.05, 0) is 30.3 Å².